The molecule has 3 heterocycles. The van der Waals surface area contributed by atoms with Crippen LogP contribution in [0.15, 0.2) is 66.9 Å². The molecule has 5 nitrogen and oxygen atoms in total. The topological polar surface area (TPSA) is 52.2 Å². The molecule has 0 radical (unpaired) electrons. The van der Waals surface area contributed by atoms with Crippen LogP contribution in [0.25, 0.3) is 22.3 Å². The first-order chi connectivity index (χ1) is 16.6. The number of aromatic nitrogens is 2. The second-order valence-electron chi connectivity index (χ2n) is 8.58. The van der Waals surface area contributed by atoms with E-state index in [1.807, 2.05) is 47.4 Å². The average molecular weight is 477 g/mol. The van der Waals surface area contributed by atoms with Gasteiger partial charge in [0.05, 0.1) is 11.4 Å². The number of hydrogen-bond acceptors (Lipinski definition) is 3. The van der Waals surface area contributed by atoms with Crippen molar-refractivity contribution in [1.29, 1.82) is 0 Å². The SMILES string of the molecule is O=C(CCCc1c(-c2ccccn2)[nH]c2ccc(F)cc12)N1CCN(c2cccc(Cl)c2)CC1. The number of aryl methyl sites for hydroxylation is 1. The third-order valence-electron chi connectivity index (χ3n) is 6.41. The smallest absolute Gasteiger partial charge is 0.222 e. The molecule has 34 heavy (non-hydrogen) atoms. The summed E-state index contributed by atoms with van der Waals surface area (Å²) < 4.78 is 14.0. The van der Waals surface area contributed by atoms with E-state index in [-0.39, 0.29) is 11.7 Å². The first kappa shape index (κ1) is 22.4. The Bertz CT molecular complexity index is 1300. The van der Waals surface area contributed by atoms with Gasteiger partial charge in [0.15, 0.2) is 0 Å². The summed E-state index contributed by atoms with van der Waals surface area (Å²) in [5.74, 6) is -0.106. The van der Waals surface area contributed by atoms with Crippen molar-refractivity contribution >= 4 is 34.1 Å². The summed E-state index contributed by atoms with van der Waals surface area (Å²) in [6, 6.07) is 18.3. The van der Waals surface area contributed by atoms with Crippen molar-refractivity contribution in [3.63, 3.8) is 0 Å². The molecule has 1 amide bonds. The first-order valence-corrected chi connectivity index (χ1v) is 12.0. The third kappa shape index (κ3) is 4.77. The predicted molar refractivity (Wildman–Crippen MR) is 135 cm³/mol. The second-order valence-corrected chi connectivity index (χ2v) is 9.02. The first-order valence-electron chi connectivity index (χ1n) is 11.6. The number of halogens is 2. The predicted octanol–water partition coefficient (Wildman–Crippen LogP) is 5.69. The van der Waals surface area contributed by atoms with Gasteiger partial charge in [0.1, 0.15) is 5.82 Å². The van der Waals surface area contributed by atoms with Gasteiger partial charge in [-0.3, -0.25) is 9.78 Å². The Morgan fingerprint density at radius 1 is 1.03 bits per heavy atom. The van der Waals surface area contributed by atoms with E-state index in [9.17, 15) is 9.18 Å². The van der Waals surface area contributed by atoms with Crippen molar-refractivity contribution in [2.45, 2.75) is 19.3 Å². The molecule has 0 unspecified atom stereocenters. The summed E-state index contributed by atoms with van der Waals surface area (Å²) in [6.07, 6.45) is 3.57. The fourth-order valence-electron chi connectivity index (χ4n) is 4.67. The molecule has 1 N–H and O–H groups in total. The van der Waals surface area contributed by atoms with Crippen LogP contribution in [0.5, 0.6) is 0 Å². The Morgan fingerprint density at radius 3 is 2.65 bits per heavy atom. The minimum atomic E-state index is -0.269. The third-order valence-corrected chi connectivity index (χ3v) is 6.65. The molecule has 0 spiro atoms. The highest BCUT2D eigenvalue weighted by Gasteiger charge is 2.22. The minimum absolute atomic E-state index is 0.163. The summed E-state index contributed by atoms with van der Waals surface area (Å²) in [5, 5.41) is 1.57. The standard InChI is InChI=1S/C27H26ClFN4O/c28-19-5-3-6-21(17-19)32-13-15-33(16-14-32)26(34)9-4-7-22-23-18-20(29)10-11-24(23)31-27(22)25-8-1-2-12-30-25/h1-3,5-6,8,10-12,17-18,31H,4,7,9,13-16H2. The van der Waals surface area contributed by atoms with Gasteiger partial charge in [0, 0.05) is 60.4 Å². The van der Waals surface area contributed by atoms with Gasteiger partial charge >= 0.3 is 0 Å². The second kappa shape index (κ2) is 9.85. The molecule has 4 aromatic rings. The van der Waals surface area contributed by atoms with Gasteiger partial charge in [-0.25, -0.2) is 4.39 Å². The van der Waals surface area contributed by atoms with Crippen LogP contribution in [0.1, 0.15) is 18.4 Å². The van der Waals surface area contributed by atoms with Gasteiger partial charge in [-0.2, -0.15) is 0 Å². The van der Waals surface area contributed by atoms with E-state index >= 15 is 0 Å². The van der Waals surface area contributed by atoms with E-state index in [2.05, 4.69) is 14.9 Å². The lowest BCUT2D eigenvalue weighted by atomic mass is 10.0. The van der Waals surface area contributed by atoms with E-state index in [0.29, 0.717) is 32.4 Å². The maximum atomic E-state index is 14.0. The number of fused-ring (bicyclic) bond motifs is 1. The van der Waals surface area contributed by atoms with E-state index in [1.54, 1.807) is 18.3 Å². The van der Waals surface area contributed by atoms with E-state index in [1.165, 1.54) is 6.07 Å². The lowest BCUT2D eigenvalue weighted by Gasteiger charge is -2.36. The lowest BCUT2D eigenvalue weighted by Crippen LogP contribution is -2.48. The fraction of sp³-hybridized carbons (Fsp3) is 0.259. The normalized spacial score (nSPS) is 14.1. The van der Waals surface area contributed by atoms with Crippen LogP contribution in [0, 0.1) is 5.82 Å². The van der Waals surface area contributed by atoms with E-state index < -0.39 is 0 Å². The highest BCUT2D eigenvalue weighted by atomic mass is 35.5. The minimum Gasteiger partial charge on any atom is -0.368 e. The van der Waals surface area contributed by atoms with Crippen LogP contribution >= 0.6 is 11.6 Å². The molecule has 1 aliphatic heterocycles. The van der Waals surface area contributed by atoms with Crippen molar-refractivity contribution in [2.75, 3.05) is 31.1 Å². The number of nitrogens with one attached hydrogen (secondary N) is 1. The molecule has 2 aromatic carbocycles. The zero-order valence-corrected chi connectivity index (χ0v) is 19.6. The molecule has 7 heteroatoms. The Hall–Kier alpha value is -3.38. The molecule has 1 saturated heterocycles. The van der Waals surface area contributed by atoms with Gasteiger partial charge in [0.2, 0.25) is 5.91 Å². The van der Waals surface area contributed by atoms with Gasteiger partial charge in [-0.15, -0.1) is 0 Å². The molecule has 5 rings (SSSR count). The maximum Gasteiger partial charge on any atom is 0.222 e. The molecular formula is C27H26ClFN4O. The number of carbonyl (C=O) groups is 1. The average Bonchev–Trinajstić information content (AvgIpc) is 3.22. The number of hydrogen-bond donors (Lipinski definition) is 1. The van der Waals surface area contributed by atoms with Crippen molar-refractivity contribution in [3.05, 3.63) is 83.3 Å². The van der Waals surface area contributed by atoms with Crippen LogP contribution in [-0.4, -0.2) is 47.0 Å². The monoisotopic (exact) mass is 476 g/mol. The number of rotatable bonds is 6. The number of carbonyl (C=O) groups excluding carboxylic acids is 1. The molecule has 1 fully saturated rings. The molecule has 0 bridgehead atoms. The van der Waals surface area contributed by atoms with Crippen molar-refractivity contribution in [3.8, 4) is 11.4 Å². The number of H-pyrrole nitrogens is 1. The van der Waals surface area contributed by atoms with Gasteiger partial charge < -0.3 is 14.8 Å². The molecule has 0 atom stereocenters. The Morgan fingerprint density at radius 2 is 1.88 bits per heavy atom. The number of anilines is 1. The summed E-state index contributed by atoms with van der Waals surface area (Å²) in [5.41, 5.74) is 4.68. The van der Waals surface area contributed by atoms with E-state index in [4.69, 9.17) is 11.6 Å². The quantitative estimate of drug-likeness (QED) is 0.388. The number of pyridine rings is 1. The molecule has 0 saturated carbocycles. The molecule has 1 aliphatic rings. The summed E-state index contributed by atoms with van der Waals surface area (Å²) in [6.45, 7) is 2.97. The van der Waals surface area contributed by atoms with Crippen LogP contribution in [0.4, 0.5) is 10.1 Å². The highest BCUT2D eigenvalue weighted by molar-refractivity contribution is 6.30. The van der Waals surface area contributed by atoms with E-state index in [0.717, 1.165) is 51.7 Å². The van der Waals surface area contributed by atoms with Crippen molar-refractivity contribution < 1.29 is 9.18 Å². The fourth-order valence-corrected chi connectivity index (χ4v) is 4.85. The Kier molecular flexibility index (Phi) is 6.50. The van der Waals surface area contributed by atoms with Crippen LogP contribution in [-0.2, 0) is 11.2 Å². The maximum absolute atomic E-state index is 14.0. The molecule has 2 aromatic heterocycles. The Balaban J connectivity index is 1.23. The number of nitrogens with zero attached hydrogens (tertiary/aromatic N) is 3. The van der Waals surface area contributed by atoms with Gasteiger partial charge in [-0.05, 0) is 66.9 Å². The van der Waals surface area contributed by atoms with Crippen LogP contribution < -0.4 is 4.90 Å². The number of piperazine rings is 1. The molecule has 174 valence electrons. The van der Waals surface area contributed by atoms with Crippen LogP contribution in [0.2, 0.25) is 5.02 Å². The Labute approximate surface area is 203 Å². The van der Waals surface area contributed by atoms with Gasteiger partial charge in [0.25, 0.3) is 0 Å². The highest BCUT2D eigenvalue weighted by Crippen LogP contribution is 2.31. The van der Waals surface area contributed by atoms with Crippen LogP contribution in [0.3, 0.4) is 0 Å². The van der Waals surface area contributed by atoms with Crippen molar-refractivity contribution in [2.24, 2.45) is 0 Å². The van der Waals surface area contributed by atoms with Gasteiger partial charge in [-0.1, -0.05) is 23.7 Å². The summed E-state index contributed by atoms with van der Waals surface area (Å²) >= 11 is 6.12. The summed E-state index contributed by atoms with van der Waals surface area (Å²) in [4.78, 5) is 25.0. The zero-order valence-electron chi connectivity index (χ0n) is 18.8. The number of aromatic amines is 1. The lowest BCUT2D eigenvalue weighted by molar-refractivity contribution is -0.131. The van der Waals surface area contributed by atoms with Crippen molar-refractivity contribution in [1.82, 2.24) is 14.9 Å². The largest absolute Gasteiger partial charge is 0.368 e. The molecular weight excluding hydrogens is 451 g/mol. The number of benzene rings is 2. The zero-order chi connectivity index (χ0) is 23.5. The molecule has 0 aliphatic carbocycles. The number of amides is 1. The summed E-state index contributed by atoms with van der Waals surface area (Å²) in [7, 11) is 0.